The summed E-state index contributed by atoms with van der Waals surface area (Å²) >= 11 is 0. The van der Waals surface area contributed by atoms with Crippen LogP contribution >= 0.6 is 0 Å². The molecular weight excluding hydrogens is 248 g/mol. The van der Waals surface area contributed by atoms with Crippen LogP contribution in [0.4, 0.5) is 4.79 Å². The Kier molecular flexibility index (Phi) is 3.73. The maximum Gasteiger partial charge on any atom is 0.329 e. The lowest BCUT2D eigenvalue weighted by molar-refractivity contribution is -0.144. The molecule has 1 atom stereocenters. The van der Waals surface area contributed by atoms with Gasteiger partial charge >= 0.3 is 12.0 Å². The van der Waals surface area contributed by atoms with Gasteiger partial charge in [-0.3, -0.25) is 4.68 Å². The van der Waals surface area contributed by atoms with Crippen LogP contribution in [0, 0.1) is 5.92 Å². The van der Waals surface area contributed by atoms with Gasteiger partial charge in [0.2, 0.25) is 0 Å². The lowest BCUT2D eigenvalue weighted by Crippen LogP contribution is -2.57. The first-order chi connectivity index (χ1) is 9.02. The van der Waals surface area contributed by atoms with Crippen molar-refractivity contribution in [2.45, 2.75) is 31.8 Å². The first-order valence-electron chi connectivity index (χ1n) is 6.29. The van der Waals surface area contributed by atoms with Gasteiger partial charge in [0.15, 0.2) is 0 Å². The van der Waals surface area contributed by atoms with Gasteiger partial charge in [-0.2, -0.15) is 5.10 Å². The molecule has 0 aromatic carbocycles. The molecule has 19 heavy (non-hydrogen) atoms. The molecule has 1 saturated carbocycles. The van der Waals surface area contributed by atoms with E-state index in [4.69, 9.17) is 0 Å². The van der Waals surface area contributed by atoms with Gasteiger partial charge in [-0.25, -0.2) is 9.59 Å². The zero-order chi connectivity index (χ0) is 13.9. The first-order valence-corrected chi connectivity index (χ1v) is 6.29. The fourth-order valence-corrected chi connectivity index (χ4v) is 1.99. The molecule has 1 aromatic heterocycles. The van der Waals surface area contributed by atoms with Crippen molar-refractivity contribution in [2.75, 3.05) is 6.54 Å². The Bertz CT molecular complexity index is 456. The Hall–Kier alpha value is -2.05. The van der Waals surface area contributed by atoms with Gasteiger partial charge in [-0.05, 0) is 31.7 Å². The molecule has 7 nitrogen and oxygen atoms in total. The Morgan fingerprint density at radius 2 is 2.26 bits per heavy atom. The molecule has 0 aliphatic heterocycles. The minimum Gasteiger partial charge on any atom is -0.480 e. The highest BCUT2D eigenvalue weighted by Gasteiger charge is 2.48. The second-order valence-corrected chi connectivity index (χ2v) is 4.93. The van der Waals surface area contributed by atoms with E-state index >= 15 is 0 Å². The molecule has 7 heteroatoms. The topological polar surface area (TPSA) is 96.3 Å². The van der Waals surface area contributed by atoms with Crippen LogP contribution in [-0.4, -0.2) is 39.0 Å². The molecule has 0 spiro atoms. The third-order valence-corrected chi connectivity index (χ3v) is 3.40. The lowest BCUT2D eigenvalue weighted by Gasteiger charge is -2.26. The van der Waals surface area contributed by atoms with Crippen molar-refractivity contribution >= 4 is 12.0 Å². The molecule has 2 amide bonds. The molecular formula is C12H18N4O3. The van der Waals surface area contributed by atoms with Crippen molar-refractivity contribution in [1.82, 2.24) is 20.4 Å². The van der Waals surface area contributed by atoms with Crippen molar-refractivity contribution in [3.8, 4) is 0 Å². The standard InChI is InChI=1S/C12H18N4O3/c1-12(10(17)18,9-3-4-9)15-11(19)13-6-8-16-7-2-5-14-16/h2,5,7,9H,3-4,6,8H2,1H3,(H,17,18)(H2,13,15,19). The number of carbonyl (C=O) groups excluding carboxylic acids is 1. The molecule has 1 unspecified atom stereocenters. The molecule has 1 aliphatic carbocycles. The molecule has 3 N–H and O–H groups in total. The number of amides is 2. The number of rotatable bonds is 6. The van der Waals surface area contributed by atoms with Gasteiger partial charge in [0.1, 0.15) is 5.54 Å². The van der Waals surface area contributed by atoms with Crippen molar-refractivity contribution in [1.29, 1.82) is 0 Å². The third kappa shape index (κ3) is 3.24. The van der Waals surface area contributed by atoms with Crippen LogP contribution in [-0.2, 0) is 11.3 Å². The summed E-state index contributed by atoms with van der Waals surface area (Å²) in [6, 6.07) is 1.35. The minimum absolute atomic E-state index is 0.0295. The zero-order valence-corrected chi connectivity index (χ0v) is 10.8. The molecule has 0 saturated heterocycles. The number of carboxylic acid groups (broad SMARTS) is 1. The van der Waals surface area contributed by atoms with Crippen molar-refractivity contribution < 1.29 is 14.7 Å². The van der Waals surface area contributed by atoms with Crippen LogP contribution < -0.4 is 10.6 Å². The van der Waals surface area contributed by atoms with Gasteiger partial charge in [0.05, 0.1) is 6.54 Å². The van der Waals surface area contributed by atoms with Gasteiger partial charge < -0.3 is 15.7 Å². The van der Waals surface area contributed by atoms with Gasteiger partial charge in [0.25, 0.3) is 0 Å². The minimum atomic E-state index is -1.17. The summed E-state index contributed by atoms with van der Waals surface area (Å²) in [7, 11) is 0. The number of carbonyl (C=O) groups is 2. The third-order valence-electron chi connectivity index (χ3n) is 3.40. The number of nitrogens with zero attached hydrogens (tertiary/aromatic N) is 2. The van der Waals surface area contributed by atoms with E-state index in [-0.39, 0.29) is 5.92 Å². The first kappa shape index (κ1) is 13.4. The van der Waals surface area contributed by atoms with Crippen LogP contribution in [0.2, 0.25) is 0 Å². The largest absolute Gasteiger partial charge is 0.480 e. The van der Waals surface area contributed by atoms with Crippen LogP contribution in [0.25, 0.3) is 0 Å². The predicted molar refractivity (Wildman–Crippen MR) is 67.5 cm³/mol. The second-order valence-electron chi connectivity index (χ2n) is 4.93. The van der Waals surface area contributed by atoms with Crippen LogP contribution in [0.15, 0.2) is 18.5 Å². The highest BCUT2D eigenvalue weighted by atomic mass is 16.4. The van der Waals surface area contributed by atoms with E-state index < -0.39 is 17.5 Å². The molecule has 1 fully saturated rings. The predicted octanol–water partition coefficient (Wildman–Crippen LogP) is 0.436. The van der Waals surface area contributed by atoms with Gasteiger partial charge in [-0.1, -0.05) is 0 Å². The highest BCUT2D eigenvalue weighted by Crippen LogP contribution is 2.39. The summed E-state index contributed by atoms with van der Waals surface area (Å²) in [5.41, 5.74) is -1.17. The van der Waals surface area contributed by atoms with Gasteiger partial charge in [-0.15, -0.1) is 0 Å². The number of nitrogens with one attached hydrogen (secondary N) is 2. The van der Waals surface area contributed by atoms with Crippen LogP contribution in [0.1, 0.15) is 19.8 Å². The summed E-state index contributed by atoms with van der Waals surface area (Å²) in [6.07, 6.45) is 5.15. The monoisotopic (exact) mass is 266 g/mol. The van der Waals surface area contributed by atoms with E-state index in [2.05, 4.69) is 15.7 Å². The molecule has 1 aliphatic rings. The van der Waals surface area contributed by atoms with E-state index in [1.807, 2.05) is 0 Å². The second kappa shape index (κ2) is 5.29. The number of urea groups is 1. The summed E-state index contributed by atoms with van der Waals surface area (Å²) in [5, 5.41) is 18.4. The van der Waals surface area contributed by atoms with E-state index in [1.165, 1.54) is 0 Å². The smallest absolute Gasteiger partial charge is 0.329 e. The van der Waals surface area contributed by atoms with E-state index in [1.54, 1.807) is 30.1 Å². The number of hydrogen-bond acceptors (Lipinski definition) is 3. The highest BCUT2D eigenvalue weighted by molar-refractivity contribution is 5.86. The quantitative estimate of drug-likeness (QED) is 0.696. The Morgan fingerprint density at radius 1 is 1.53 bits per heavy atom. The average molecular weight is 266 g/mol. The molecule has 2 rings (SSSR count). The molecule has 1 aromatic rings. The van der Waals surface area contributed by atoms with Crippen molar-refractivity contribution in [3.63, 3.8) is 0 Å². The Labute approximate surface area is 111 Å². The van der Waals surface area contributed by atoms with E-state index in [0.717, 1.165) is 12.8 Å². The zero-order valence-electron chi connectivity index (χ0n) is 10.8. The number of hydrogen-bond donors (Lipinski definition) is 3. The number of aromatic nitrogens is 2. The van der Waals surface area contributed by atoms with E-state index in [9.17, 15) is 14.7 Å². The number of aliphatic carboxylic acids is 1. The summed E-state index contributed by atoms with van der Waals surface area (Å²) in [5.74, 6) is -0.959. The average Bonchev–Trinajstić information content (AvgIpc) is 3.08. The molecule has 104 valence electrons. The SMILES string of the molecule is CC(NC(=O)NCCn1cccn1)(C(=O)O)C1CC1. The van der Waals surface area contributed by atoms with Crippen LogP contribution in [0.5, 0.6) is 0 Å². The van der Waals surface area contributed by atoms with E-state index in [0.29, 0.717) is 13.1 Å². The normalized spacial score (nSPS) is 17.5. The fourth-order valence-electron chi connectivity index (χ4n) is 1.99. The number of carboxylic acids is 1. The van der Waals surface area contributed by atoms with Gasteiger partial charge in [0, 0.05) is 18.9 Å². The van der Waals surface area contributed by atoms with Crippen molar-refractivity contribution in [2.24, 2.45) is 5.92 Å². The summed E-state index contributed by atoms with van der Waals surface area (Å²) < 4.78 is 1.69. The maximum atomic E-state index is 11.7. The fraction of sp³-hybridized carbons (Fsp3) is 0.583. The maximum absolute atomic E-state index is 11.7. The summed E-state index contributed by atoms with van der Waals surface area (Å²) in [4.78, 5) is 23.0. The lowest BCUT2D eigenvalue weighted by atomic mass is 9.96. The molecule has 0 bridgehead atoms. The van der Waals surface area contributed by atoms with Crippen LogP contribution in [0.3, 0.4) is 0 Å². The molecule has 0 radical (unpaired) electrons. The van der Waals surface area contributed by atoms with Crippen molar-refractivity contribution in [3.05, 3.63) is 18.5 Å². The Morgan fingerprint density at radius 3 is 2.79 bits per heavy atom. The molecule has 1 heterocycles. The summed E-state index contributed by atoms with van der Waals surface area (Å²) in [6.45, 7) is 2.50. The Balaban J connectivity index is 1.78.